The third-order valence-electron chi connectivity index (χ3n) is 6.04. The molecule has 0 saturated heterocycles. The van der Waals surface area contributed by atoms with Crippen molar-refractivity contribution in [3.05, 3.63) is 11.6 Å². The van der Waals surface area contributed by atoms with E-state index in [0.29, 0.717) is 0 Å². The molecule has 114 valence electrons. The van der Waals surface area contributed by atoms with Crippen LogP contribution in [-0.2, 0) is 0 Å². The van der Waals surface area contributed by atoms with Crippen molar-refractivity contribution in [2.75, 3.05) is 0 Å². The lowest BCUT2D eigenvalue weighted by Gasteiger charge is -2.30. The Labute approximate surface area is 125 Å². The van der Waals surface area contributed by atoms with Gasteiger partial charge in [-0.1, -0.05) is 89.5 Å². The molecule has 2 heteroatoms. The van der Waals surface area contributed by atoms with Crippen LogP contribution in [0.5, 0.6) is 0 Å². The van der Waals surface area contributed by atoms with Crippen LogP contribution in [0.25, 0.3) is 0 Å². The SMILES string of the molecule is CC[Si](CC)(CC)C/C=C(\C)C[Si](CC)(CC)CC. The van der Waals surface area contributed by atoms with Crippen molar-refractivity contribution in [1.29, 1.82) is 0 Å². The maximum atomic E-state index is 2.64. The Hall–Kier alpha value is 0.174. The zero-order valence-electron chi connectivity index (χ0n) is 14.7. The maximum Gasteiger partial charge on any atom is 0.0567 e. The number of allylic oxidation sites excluding steroid dienone is 2. The molecule has 0 aromatic heterocycles. The van der Waals surface area contributed by atoms with Crippen LogP contribution in [-0.4, -0.2) is 16.1 Å². The highest BCUT2D eigenvalue weighted by molar-refractivity contribution is 6.80. The largest absolute Gasteiger partial charge is 0.0885 e. The standard InChI is InChI=1S/C17H38Si2/c1-8-18(9-2,10-3)15-14-17(7)16-19(11-4,12-5)13-6/h14H,8-13,15-16H2,1-7H3/b17-14+. The van der Waals surface area contributed by atoms with E-state index in [9.17, 15) is 0 Å². The van der Waals surface area contributed by atoms with Crippen molar-refractivity contribution in [3.8, 4) is 0 Å². The summed E-state index contributed by atoms with van der Waals surface area (Å²) in [5.74, 6) is 0. The zero-order chi connectivity index (χ0) is 14.9. The molecule has 0 fully saturated rings. The molecule has 0 unspecified atom stereocenters. The van der Waals surface area contributed by atoms with Crippen molar-refractivity contribution >= 4 is 16.1 Å². The Balaban J connectivity index is 4.73. The van der Waals surface area contributed by atoms with Gasteiger partial charge >= 0.3 is 0 Å². The Bertz CT molecular complexity index is 244. The lowest BCUT2D eigenvalue weighted by atomic mass is 10.3. The van der Waals surface area contributed by atoms with Gasteiger partial charge in [0.15, 0.2) is 0 Å². The van der Waals surface area contributed by atoms with Crippen LogP contribution in [0.4, 0.5) is 0 Å². The van der Waals surface area contributed by atoms with Crippen molar-refractivity contribution in [3.63, 3.8) is 0 Å². The van der Waals surface area contributed by atoms with Gasteiger partial charge in [0, 0.05) is 0 Å². The fourth-order valence-electron chi connectivity index (χ4n) is 3.36. The van der Waals surface area contributed by atoms with E-state index < -0.39 is 16.1 Å². The molecule has 0 saturated carbocycles. The van der Waals surface area contributed by atoms with Crippen LogP contribution in [0.15, 0.2) is 11.6 Å². The van der Waals surface area contributed by atoms with Gasteiger partial charge in [0.25, 0.3) is 0 Å². The molecule has 0 spiro atoms. The summed E-state index contributed by atoms with van der Waals surface area (Å²) in [4.78, 5) is 0. The van der Waals surface area contributed by atoms with E-state index in [2.05, 4.69) is 54.5 Å². The number of hydrogen-bond acceptors (Lipinski definition) is 0. The second-order valence-corrected chi connectivity index (χ2v) is 17.6. The van der Waals surface area contributed by atoms with Crippen LogP contribution in [0.2, 0.25) is 48.4 Å². The second-order valence-electron chi connectivity index (χ2n) is 6.55. The minimum Gasteiger partial charge on any atom is -0.0885 e. The first-order valence-corrected chi connectivity index (χ1v) is 14.3. The molecule has 0 aliphatic carbocycles. The van der Waals surface area contributed by atoms with E-state index in [1.54, 1.807) is 5.57 Å². The molecule has 0 heterocycles. The number of hydrogen-bond donors (Lipinski definition) is 0. The van der Waals surface area contributed by atoms with E-state index in [4.69, 9.17) is 0 Å². The minimum atomic E-state index is -0.960. The van der Waals surface area contributed by atoms with Crippen LogP contribution in [0.1, 0.15) is 48.5 Å². The Morgan fingerprint density at radius 2 is 1.05 bits per heavy atom. The molecule has 0 radical (unpaired) electrons. The predicted octanol–water partition coefficient (Wildman–Crippen LogP) is 6.95. The summed E-state index contributed by atoms with van der Waals surface area (Å²) in [7, 11) is -1.91. The van der Waals surface area contributed by atoms with Gasteiger partial charge in [0.1, 0.15) is 0 Å². The average Bonchev–Trinajstić information content (AvgIpc) is 2.47. The molecule has 0 aliphatic heterocycles. The first-order chi connectivity index (χ1) is 8.96. The molecule has 0 rings (SSSR count). The molecular weight excluding hydrogens is 260 g/mol. The van der Waals surface area contributed by atoms with E-state index >= 15 is 0 Å². The van der Waals surface area contributed by atoms with E-state index in [0.717, 1.165) is 0 Å². The first-order valence-electron chi connectivity index (χ1n) is 8.62. The summed E-state index contributed by atoms with van der Waals surface area (Å²) >= 11 is 0. The molecule has 0 atom stereocenters. The van der Waals surface area contributed by atoms with Crippen LogP contribution >= 0.6 is 0 Å². The fourth-order valence-corrected chi connectivity index (χ4v) is 10.1. The van der Waals surface area contributed by atoms with Crippen LogP contribution in [0, 0.1) is 0 Å². The quantitative estimate of drug-likeness (QED) is 0.302. The van der Waals surface area contributed by atoms with Gasteiger partial charge in [-0.05, 0) is 19.0 Å². The molecule has 0 aromatic rings. The minimum absolute atomic E-state index is 0.947. The first kappa shape index (κ1) is 19.2. The highest BCUT2D eigenvalue weighted by Crippen LogP contribution is 2.31. The second kappa shape index (κ2) is 9.17. The molecule has 0 aromatic carbocycles. The molecular formula is C17H38Si2. The van der Waals surface area contributed by atoms with E-state index in [-0.39, 0.29) is 0 Å². The summed E-state index contributed by atoms with van der Waals surface area (Å²) in [6.07, 6.45) is 2.64. The monoisotopic (exact) mass is 298 g/mol. The molecule has 0 amide bonds. The van der Waals surface area contributed by atoms with Gasteiger partial charge in [0.2, 0.25) is 0 Å². The van der Waals surface area contributed by atoms with Crippen molar-refractivity contribution in [1.82, 2.24) is 0 Å². The van der Waals surface area contributed by atoms with Crippen molar-refractivity contribution < 1.29 is 0 Å². The fraction of sp³-hybridized carbons (Fsp3) is 0.882. The Morgan fingerprint density at radius 1 is 0.684 bits per heavy atom. The molecule has 0 bridgehead atoms. The molecule has 19 heavy (non-hydrogen) atoms. The summed E-state index contributed by atoms with van der Waals surface area (Å²) in [6, 6.07) is 11.7. The van der Waals surface area contributed by atoms with Gasteiger partial charge < -0.3 is 0 Å². The highest BCUT2D eigenvalue weighted by atomic mass is 28.3. The highest BCUT2D eigenvalue weighted by Gasteiger charge is 2.28. The molecule has 0 N–H and O–H groups in total. The van der Waals surface area contributed by atoms with Crippen molar-refractivity contribution in [2.45, 2.75) is 96.8 Å². The number of rotatable bonds is 10. The normalized spacial score (nSPS) is 13.9. The topological polar surface area (TPSA) is 0 Å². The summed E-state index contributed by atoms with van der Waals surface area (Å²) < 4.78 is 0. The van der Waals surface area contributed by atoms with Gasteiger partial charge in [-0.2, -0.15) is 0 Å². The summed E-state index contributed by atoms with van der Waals surface area (Å²) in [6.45, 7) is 17.0. The molecule has 0 aliphatic rings. The van der Waals surface area contributed by atoms with Gasteiger partial charge in [-0.25, -0.2) is 0 Å². The van der Waals surface area contributed by atoms with E-state index in [1.165, 1.54) is 48.4 Å². The third kappa shape index (κ3) is 5.59. The molecule has 0 nitrogen and oxygen atoms in total. The Morgan fingerprint density at radius 3 is 1.37 bits per heavy atom. The van der Waals surface area contributed by atoms with Crippen molar-refractivity contribution in [2.24, 2.45) is 0 Å². The lowest BCUT2D eigenvalue weighted by molar-refractivity contribution is 1.10. The maximum absolute atomic E-state index is 2.64. The van der Waals surface area contributed by atoms with Gasteiger partial charge in [0.05, 0.1) is 16.1 Å². The average molecular weight is 299 g/mol. The summed E-state index contributed by atoms with van der Waals surface area (Å²) in [5.41, 5.74) is 1.71. The predicted molar refractivity (Wildman–Crippen MR) is 97.8 cm³/mol. The zero-order valence-corrected chi connectivity index (χ0v) is 16.7. The Kier molecular flexibility index (Phi) is 9.26. The van der Waals surface area contributed by atoms with E-state index in [1.807, 2.05) is 0 Å². The lowest BCUT2D eigenvalue weighted by Crippen LogP contribution is -2.32. The third-order valence-corrected chi connectivity index (χ3v) is 17.4. The van der Waals surface area contributed by atoms with Gasteiger partial charge in [-0.3, -0.25) is 0 Å². The summed E-state index contributed by atoms with van der Waals surface area (Å²) in [5, 5.41) is 0. The van der Waals surface area contributed by atoms with Crippen LogP contribution < -0.4 is 0 Å². The smallest absolute Gasteiger partial charge is 0.0567 e. The van der Waals surface area contributed by atoms with Crippen LogP contribution in [0.3, 0.4) is 0 Å². The van der Waals surface area contributed by atoms with Gasteiger partial charge in [-0.15, -0.1) is 0 Å².